The van der Waals surface area contributed by atoms with Crippen molar-refractivity contribution in [3.8, 4) is 17.1 Å². The van der Waals surface area contributed by atoms with Crippen LogP contribution >= 0.6 is 0 Å². The molecular formula is C28H31N7O2S. The van der Waals surface area contributed by atoms with Crippen molar-refractivity contribution in [2.75, 3.05) is 10.7 Å². The van der Waals surface area contributed by atoms with E-state index in [1.54, 1.807) is 36.7 Å². The van der Waals surface area contributed by atoms with Gasteiger partial charge in [-0.05, 0) is 56.4 Å². The molecule has 38 heavy (non-hydrogen) atoms. The lowest BCUT2D eigenvalue weighted by Gasteiger charge is -2.41. The van der Waals surface area contributed by atoms with Crippen LogP contribution in [-0.4, -0.2) is 49.9 Å². The summed E-state index contributed by atoms with van der Waals surface area (Å²) in [6.45, 7) is 4.14. The van der Waals surface area contributed by atoms with Gasteiger partial charge in [-0.1, -0.05) is 38.0 Å². The highest BCUT2D eigenvalue weighted by Crippen LogP contribution is 2.43. The van der Waals surface area contributed by atoms with Crippen LogP contribution in [0, 0.1) is 6.92 Å². The highest BCUT2D eigenvalue weighted by molar-refractivity contribution is 7.91. The van der Waals surface area contributed by atoms with Gasteiger partial charge in [-0.3, -0.25) is 9.55 Å². The summed E-state index contributed by atoms with van der Waals surface area (Å²) in [5.74, 6) is 3.21. The zero-order valence-corrected chi connectivity index (χ0v) is 22.5. The van der Waals surface area contributed by atoms with Crippen LogP contribution in [0.5, 0.6) is 0 Å². The minimum Gasteiger partial charge on any atom is -0.342 e. The summed E-state index contributed by atoms with van der Waals surface area (Å²) in [5.41, 5.74) is 2.50. The number of fused-ring (bicyclic) bond motifs is 3. The first-order valence-corrected chi connectivity index (χ1v) is 14.9. The molecule has 6 rings (SSSR count). The fourth-order valence-electron chi connectivity index (χ4n) is 5.83. The Kier molecular flexibility index (Phi) is 6.43. The van der Waals surface area contributed by atoms with Gasteiger partial charge in [0.25, 0.3) is 0 Å². The van der Waals surface area contributed by atoms with Crippen molar-refractivity contribution in [3.05, 3.63) is 72.2 Å². The topological polar surface area (TPSA) is 107 Å². The molecular weight excluding hydrogens is 498 g/mol. The summed E-state index contributed by atoms with van der Waals surface area (Å²) < 4.78 is 28.0. The van der Waals surface area contributed by atoms with Crippen LogP contribution in [0.25, 0.3) is 17.1 Å². The van der Waals surface area contributed by atoms with Gasteiger partial charge in [0, 0.05) is 24.0 Å². The molecule has 0 N–H and O–H groups in total. The first-order valence-electron chi connectivity index (χ1n) is 13.3. The highest BCUT2D eigenvalue weighted by atomic mass is 32.2. The Balaban J connectivity index is 1.40. The Morgan fingerprint density at radius 3 is 2.58 bits per heavy atom. The predicted octanol–water partition coefficient (Wildman–Crippen LogP) is 4.66. The molecule has 4 heterocycles. The van der Waals surface area contributed by atoms with Crippen LogP contribution < -0.4 is 4.90 Å². The van der Waals surface area contributed by atoms with Crippen molar-refractivity contribution < 1.29 is 8.42 Å². The van der Waals surface area contributed by atoms with Crippen LogP contribution in [0.1, 0.15) is 62.3 Å². The highest BCUT2D eigenvalue weighted by Gasteiger charge is 2.39. The van der Waals surface area contributed by atoms with Gasteiger partial charge in [0.15, 0.2) is 27.3 Å². The summed E-state index contributed by atoms with van der Waals surface area (Å²) >= 11 is 0. The summed E-state index contributed by atoms with van der Waals surface area (Å²) in [6.07, 6.45) is 11.2. The van der Waals surface area contributed by atoms with Gasteiger partial charge in [-0.2, -0.15) is 0 Å². The van der Waals surface area contributed by atoms with E-state index in [4.69, 9.17) is 9.97 Å². The minimum atomic E-state index is -3.43. The van der Waals surface area contributed by atoms with E-state index in [2.05, 4.69) is 31.6 Å². The minimum absolute atomic E-state index is 0.0178. The predicted molar refractivity (Wildman–Crippen MR) is 145 cm³/mol. The number of anilines is 1. The molecule has 3 aromatic heterocycles. The van der Waals surface area contributed by atoms with E-state index >= 15 is 0 Å². The second-order valence-electron chi connectivity index (χ2n) is 10.0. The molecule has 10 heteroatoms. The number of aromatic nitrogens is 6. The average Bonchev–Trinajstić information content (AvgIpc) is 3.62. The van der Waals surface area contributed by atoms with Crippen molar-refractivity contribution in [2.45, 2.75) is 69.4 Å². The van der Waals surface area contributed by atoms with Gasteiger partial charge in [-0.15, -0.1) is 10.2 Å². The lowest BCUT2D eigenvalue weighted by molar-refractivity contribution is 0.468. The van der Waals surface area contributed by atoms with Crippen LogP contribution in [0.2, 0.25) is 0 Å². The Morgan fingerprint density at radius 1 is 1.03 bits per heavy atom. The van der Waals surface area contributed by atoms with E-state index in [9.17, 15) is 8.42 Å². The van der Waals surface area contributed by atoms with Gasteiger partial charge in [-0.25, -0.2) is 18.4 Å². The van der Waals surface area contributed by atoms with Gasteiger partial charge in [0.05, 0.1) is 22.9 Å². The molecule has 0 unspecified atom stereocenters. The number of sulfone groups is 1. The van der Waals surface area contributed by atoms with Gasteiger partial charge < -0.3 is 4.90 Å². The molecule has 0 saturated heterocycles. The number of nitrogens with zero attached hydrogens (tertiary/aromatic N) is 7. The monoisotopic (exact) mass is 529 g/mol. The Bertz CT molecular complexity index is 1560. The summed E-state index contributed by atoms with van der Waals surface area (Å²) in [7, 11) is -3.43. The van der Waals surface area contributed by atoms with Crippen molar-refractivity contribution >= 4 is 15.7 Å². The van der Waals surface area contributed by atoms with E-state index in [1.165, 1.54) is 12.8 Å². The second-order valence-corrected chi connectivity index (χ2v) is 12.1. The van der Waals surface area contributed by atoms with E-state index in [0.717, 1.165) is 53.5 Å². The average molecular weight is 530 g/mol. The molecule has 0 amide bonds. The maximum Gasteiger partial charge on any atom is 0.178 e. The third kappa shape index (κ3) is 4.26. The number of benzene rings is 1. The Labute approximate surface area is 222 Å². The third-order valence-corrected chi connectivity index (χ3v) is 9.44. The zero-order chi connectivity index (χ0) is 26.3. The molecule has 0 bridgehead atoms. The molecule has 1 saturated carbocycles. The smallest absolute Gasteiger partial charge is 0.178 e. The lowest BCUT2D eigenvalue weighted by Crippen LogP contribution is -2.42. The zero-order valence-electron chi connectivity index (χ0n) is 21.7. The molecule has 0 radical (unpaired) electrons. The van der Waals surface area contributed by atoms with E-state index in [-0.39, 0.29) is 11.8 Å². The fourth-order valence-corrected chi connectivity index (χ4v) is 7.13. The first kappa shape index (κ1) is 24.7. The molecule has 1 aliphatic heterocycles. The molecule has 4 aromatic rings. The van der Waals surface area contributed by atoms with Crippen LogP contribution in [0.15, 0.2) is 59.9 Å². The van der Waals surface area contributed by atoms with E-state index < -0.39 is 9.84 Å². The van der Waals surface area contributed by atoms with Crippen molar-refractivity contribution in [2.24, 2.45) is 0 Å². The number of hydrogen-bond donors (Lipinski definition) is 0. The largest absolute Gasteiger partial charge is 0.342 e. The molecule has 1 aromatic carbocycles. The summed E-state index contributed by atoms with van der Waals surface area (Å²) in [5, 5.41) is 8.94. The molecule has 2 aliphatic rings. The first-order chi connectivity index (χ1) is 18.5. The summed E-state index contributed by atoms with van der Waals surface area (Å²) in [6, 6.07) is 10.9. The quantitative estimate of drug-likeness (QED) is 0.340. The van der Waals surface area contributed by atoms with Crippen molar-refractivity contribution in [1.29, 1.82) is 0 Å². The van der Waals surface area contributed by atoms with Gasteiger partial charge in [0.2, 0.25) is 0 Å². The standard InChI is InChI=1S/C28H31N7O2S/c1-3-24-28-33-32-19(2)34(28)25-18-30-26(31-27(25)35(24)21-9-7-8-10-21)23-13-15-29-17-20(23)14-16-38(36,37)22-11-5-4-6-12-22/h4-6,11-13,15,17-18,21,24H,3,7-10,14,16H2,1-2H3/t24-/m1/s1. The Hall–Kier alpha value is -3.66. The van der Waals surface area contributed by atoms with Gasteiger partial charge in [0.1, 0.15) is 11.5 Å². The number of hydrogen-bond acceptors (Lipinski definition) is 8. The normalized spacial score (nSPS) is 17.4. The third-order valence-electron chi connectivity index (χ3n) is 7.71. The number of pyridine rings is 1. The molecule has 1 aliphatic carbocycles. The Morgan fingerprint density at radius 2 is 1.82 bits per heavy atom. The molecule has 1 atom stereocenters. The maximum atomic E-state index is 13.0. The molecule has 196 valence electrons. The fraction of sp³-hybridized carbons (Fsp3) is 0.393. The second kappa shape index (κ2) is 9.90. The molecule has 9 nitrogen and oxygen atoms in total. The van der Waals surface area contributed by atoms with Crippen molar-refractivity contribution in [3.63, 3.8) is 0 Å². The van der Waals surface area contributed by atoms with Crippen LogP contribution in [0.4, 0.5) is 5.82 Å². The van der Waals surface area contributed by atoms with Crippen LogP contribution in [-0.2, 0) is 16.3 Å². The summed E-state index contributed by atoms with van der Waals surface area (Å²) in [4.78, 5) is 17.0. The van der Waals surface area contributed by atoms with E-state index in [0.29, 0.717) is 23.2 Å². The van der Waals surface area contributed by atoms with Crippen LogP contribution in [0.3, 0.4) is 0 Å². The van der Waals surface area contributed by atoms with E-state index in [1.807, 2.05) is 25.3 Å². The SMILES string of the molecule is CC[C@@H]1c2nnc(C)n2-c2cnc(-c3ccncc3CCS(=O)(=O)c3ccccc3)nc2N1C1CCCC1. The molecule has 1 fully saturated rings. The maximum absolute atomic E-state index is 13.0. The van der Waals surface area contributed by atoms with Crippen molar-refractivity contribution in [1.82, 2.24) is 29.7 Å². The lowest BCUT2D eigenvalue weighted by atomic mass is 10.0. The number of rotatable bonds is 7. The molecule has 0 spiro atoms. The number of aryl methyl sites for hydroxylation is 2. The van der Waals surface area contributed by atoms with Gasteiger partial charge >= 0.3 is 0 Å².